The number of carboxylic acids is 1. The lowest BCUT2D eigenvalue weighted by Crippen LogP contribution is -2.13. The van der Waals surface area contributed by atoms with Gasteiger partial charge in [-0.3, -0.25) is 4.72 Å². The Labute approximate surface area is 115 Å². The van der Waals surface area contributed by atoms with Crippen molar-refractivity contribution in [2.45, 2.75) is 4.90 Å². The lowest BCUT2D eigenvalue weighted by molar-refractivity contribution is -0.139. The van der Waals surface area contributed by atoms with Crippen LogP contribution in [0.15, 0.2) is 47.6 Å². The summed E-state index contributed by atoms with van der Waals surface area (Å²) >= 11 is 0. The maximum atomic E-state index is 12.0. The Bertz CT molecular complexity index is 694. The number of carboxylic acid groups (broad SMARTS) is 1. The van der Waals surface area contributed by atoms with Crippen molar-refractivity contribution in [3.05, 3.63) is 42.7 Å². The first-order chi connectivity index (χ1) is 9.47. The van der Waals surface area contributed by atoms with Crippen LogP contribution in [0.5, 0.6) is 5.75 Å². The minimum Gasteiger partial charge on any atom is -0.482 e. The molecular formula is C12H12N2O5S. The second kappa shape index (κ2) is 5.66. The number of nitrogens with one attached hydrogen (secondary N) is 2. The Morgan fingerprint density at radius 1 is 1.35 bits per heavy atom. The van der Waals surface area contributed by atoms with Gasteiger partial charge in [0.1, 0.15) is 10.6 Å². The first-order valence-electron chi connectivity index (χ1n) is 5.58. The fraction of sp³-hybridized carbons (Fsp3) is 0.0833. The van der Waals surface area contributed by atoms with E-state index in [1.165, 1.54) is 36.7 Å². The predicted octanol–water partition coefficient (Wildman–Crippen LogP) is 1.28. The van der Waals surface area contributed by atoms with Crippen LogP contribution in [-0.4, -0.2) is 31.1 Å². The molecule has 3 N–H and O–H groups in total. The quantitative estimate of drug-likeness (QED) is 0.744. The van der Waals surface area contributed by atoms with E-state index in [4.69, 9.17) is 9.84 Å². The van der Waals surface area contributed by atoms with Crippen LogP contribution in [0.25, 0.3) is 0 Å². The summed E-state index contributed by atoms with van der Waals surface area (Å²) in [5, 5.41) is 8.52. The van der Waals surface area contributed by atoms with Crippen molar-refractivity contribution in [3.8, 4) is 5.75 Å². The van der Waals surface area contributed by atoms with Crippen LogP contribution >= 0.6 is 0 Å². The summed E-state index contributed by atoms with van der Waals surface area (Å²) in [6.07, 6.45) is 2.86. The van der Waals surface area contributed by atoms with E-state index < -0.39 is 22.6 Å². The van der Waals surface area contributed by atoms with Crippen LogP contribution in [0.4, 0.5) is 5.69 Å². The summed E-state index contributed by atoms with van der Waals surface area (Å²) in [6, 6.07) is 7.47. The van der Waals surface area contributed by atoms with Crippen LogP contribution < -0.4 is 9.46 Å². The van der Waals surface area contributed by atoms with Crippen molar-refractivity contribution < 1.29 is 23.1 Å². The highest BCUT2D eigenvalue weighted by molar-refractivity contribution is 7.92. The zero-order valence-electron chi connectivity index (χ0n) is 10.2. The molecule has 0 unspecified atom stereocenters. The standard InChI is InChI=1S/C12H12N2O5S/c15-12(16)8-19-10-3-1-2-9(6-10)14-20(17,18)11-4-5-13-7-11/h1-7,13-14H,8H2,(H,15,16). The molecule has 0 radical (unpaired) electrons. The zero-order chi connectivity index (χ0) is 14.6. The van der Waals surface area contributed by atoms with Gasteiger partial charge in [0.05, 0.1) is 5.69 Å². The van der Waals surface area contributed by atoms with Crippen molar-refractivity contribution in [1.29, 1.82) is 0 Å². The molecule has 0 aliphatic rings. The fourth-order valence-corrected chi connectivity index (χ4v) is 2.51. The number of anilines is 1. The molecule has 0 aliphatic heterocycles. The smallest absolute Gasteiger partial charge is 0.341 e. The van der Waals surface area contributed by atoms with Gasteiger partial charge >= 0.3 is 5.97 Å². The highest BCUT2D eigenvalue weighted by Crippen LogP contribution is 2.20. The summed E-state index contributed by atoms with van der Waals surface area (Å²) in [4.78, 5) is 13.2. The number of rotatable bonds is 6. The van der Waals surface area contributed by atoms with E-state index in [0.717, 1.165) is 0 Å². The van der Waals surface area contributed by atoms with Crippen molar-refractivity contribution in [2.24, 2.45) is 0 Å². The summed E-state index contributed by atoms with van der Waals surface area (Å²) < 4.78 is 31.3. The van der Waals surface area contributed by atoms with Crippen LogP contribution in [-0.2, 0) is 14.8 Å². The molecule has 0 fully saturated rings. The molecule has 20 heavy (non-hydrogen) atoms. The Morgan fingerprint density at radius 3 is 2.80 bits per heavy atom. The molecule has 106 valence electrons. The van der Waals surface area contributed by atoms with E-state index in [1.807, 2.05) is 0 Å². The second-order valence-electron chi connectivity index (χ2n) is 3.86. The summed E-state index contributed by atoms with van der Waals surface area (Å²) in [7, 11) is -3.67. The van der Waals surface area contributed by atoms with Crippen molar-refractivity contribution in [3.63, 3.8) is 0 Å². The number of H-pyrrole nitrogens is 1. The average molecular weight is 296 g/mol. The number of ether oxygens (including phenoxy) is 1. The third kappa shape index (κ3) is 3.51. The van der Waals surface area contributed by atoms with E-state index in [0.29, 0.717) is 0 Å². The maximum Gasteiger partial charge on any atom is 0.341 e. The number of aromatic amines is 1. The molecule has 0 amide bonds. The Balaban J connectivity index is 2.14. The summed E-state index contributed by atoms with van der Waals surface area (Å²) in [5.41, 5.74) is 0.286. The molecule has 0 aliphatic carbocycles. The van der Waals surface area contributed by atoms with Gasteiger partial charge in [0.25, 0.3) is 10.0 Å². The van der Waals surface area contributed by atoms with Gasteiger partial charge in [-0.25, -0.2) is 13.2 Å². The lowest BCUT2D eigenvalue weighted by Gasteiger charge is -2.08. The number of aromatic nitrogens is 1. The monoisotopic (exact) mass is 296 g/mol. The molecule has 2 rings (SSSR count). The molecule has 0 atom stereocenters. The minimum absolute atomic E-state index is 0.106. The van der Waals surface area contributed by atoms with Gasteiger partial charge in [-0.1, -0.05) is 6.07 Å². The van der Waals surface area contributed by atoms with Crippen LogP contribution in [0.2, 0.25) is 0 Å². The van der Waals surface area contributed by atoms with Crippen LogP contribution in [0.3, 0.4) is 0 Å². The van der Waals surface area contributed by atoms with E-state index >= 15 is 0 Å². The van der Waals surface area contributed by atoms with Gasteiger partial charge in [-0.2, -0.15) is 0 Å². The highest BCUT2D eigenvalue weighted by atomic mass is 32.2. The minimum atomic E-state index is -3.67. The Morgan fingerprint density at radius 2 is 2.15 bits per heavy atom. The molecule has 1 heterocycles. The molecule has 2 aromatic rings. The first-order valence-corrected chi connectivity index (χ1v) is 7.06. The molecular weight excluding hydrogens is 284 g/mol. The fourth-order valence-electron chi connectivity index (χ4n) is 1.48. The molecule has 1 aromatic heterocycles. The third-order valence-electron chi connectivity index (χ3n) is 2.33. The van der Waals surface area contributed by atoms with E-state index in [2.05, 4.69) is 9.71 Å². The van der Waals surface area contributed by atoms with Gasteiger partial charge in [0.2, 0.25) is 0 Å². The molecule has 0 saturated carbocycles. The third-order valence-corrected chi connectivity index (χ3v) is 3.71. The Hall–Kier alpha value is -2.48. The number of aliphatic carboxylic acids is 1. The molecule has 7 nitrogen and oxygen atoms in total. The number of benzene rings is 1. The second-order valence-corrected chi connectivity index (χ2v) is 5.54. The van der Waals surface area contributed by atoms with Gasteiger partial charge in [-0.05, 0) is 18.2 Å². The molecule has 0 spiro atoms. The maximum absolute atomic E-state index is 12.0. The molecule has 8 heteroatoms. The first kappa shape index (κ1) is 13.9. The van der Waals surface area contributed by atoms with Crippen molar-refractivity contribution in [1.82, 2.24) is 4.98 Å². The van der Waals surface area contributed by atoms with Gasteiger partial charge in [-0.15, -0.1) is 0 Å². The van der Waals surface area contributed by atoms with Gasteiger partial charge in [0.15, 0.2) is 6.61 Å². The topological polar surface area (TPSA) is 108 Å². The predicted molar refractivity (Wildman–Crippen MR) is 71.2 cm³/mol. The SMILES string of the molecule is O=C(O)COc1cccc(NS(=O)(=O)c2cc[nH]c2)c1. The zero-order valence-corrected chi connectivity index (χ0v) is 11.1. The van der Waals surface area contributed by atoms with Gasteiger partial charge < -0.3 is 14.8 Å². The molecule has 0 saturated heterocycles. The number of hydrogen-bond donors (Lipinski definition) is 3. The molecule has 1 aromatic carbocycles. The largest absolute Gasteiger partial charge is 0.482 e. The van der Waals surface area contributed by atoms with E-state index in [9.17, 15) is 13.2 Å². The highest BCUT2D eigenvalue weighted by Gasteiger charge is 2.14. The lowest BCUT2D eigenvalue weighted by atomic mass is 10.3. The van der Waals surface area contributed by atoms with Gasteiger partial charge in [0, 0.05) is 18.5 Å². The van der Waals surface area contributed by atoms with Crippen LogP contribution in [0.1, 0.15) is 0 Å². The van der Waals surface area contributed by atoms with Crippen LogP contribution in [0, 0.1) is 0 Å². The normalized spacial score (nSPS) is 11.0. The number of carbonyl (C=O) groups is 1. The Kier molecular flexibility index (Phi) is 3.94. The summed E-state index contributed by atoms with van der Waals surface area (Å²) in [6.45, 7) is -0.492. The molecule has 0 bridgehead atoms. The van der Waals surface area contributed by atoms with Crippen molar-refractivity contribution in [2.75, 3.05) is 11.3 Å². The van der Waals surface area contributed by atoms with E-state index in [-0.39, 0.29) is 16.3 Å². The van der Waals surface area contributed by atoms with Crippen molar-refractivity contribution >= 4 is 21.7 Å². The number of sulfonamides is 1. The summed E-state index contributed by atoms with van der Waals surface area (Å²) in [5.74, 6) is -0.843. The number of hydrogen-bond acceptors (Lipinski definition) is 4. The van der Waals surface area contributed by atoms with E-state index in [1.54, 1.807) is 6.07 Å². The average Bonchev–Trinajstić information content (AvgIpc) is 2.91.